The number of benzene rings is 2. The fourth-order valence-corrected chi connectivity index (χ4v) is 3.94. The van der Waals surface area contributed by atoms with E-state index in [-0.39, 0.29) is 4.90 Å². The monoisotopic (exact) mass is 378 g/mol. The summed E-state index contributed by atoms with van der Waals surface area (Å²) in [4.78, 5) is 4.46. The highest BCUT2D eigenvalue weighted by molar-refractivity contribution is 7.92. The summed E-state index contributed by atoms with van der Waals surface area (Å²) >= 11 is 0. The van der Waals surface area contributed by atoms with Crippen LogP contribution in [0.5, 0.6) is 0 Å². The van der Waals surface area contributed by atoms with Crippen LogP contribution < -0.4 is 10.0 Å². The van der Waals surface area contributed by atoms with Crippen molar-refractivity contribution in [2.75, 3.05) is 10.0 Å². The lowest BCUT2D eigenvalue weighted by atomic mass is 10.2. The molecule has 2 N–H and O–H groups in total. The van der Waals surface area contributed by atoms with Gasteiger partial charge in [0, 0.05) is 0 Å². The lowest BCUT2D eigenvalue weighted by molar-refractivity contribution is 0.600. The molecule has 3 rings (SSSR count). The average molecular weight is 378 g/mol. The third-order valence-electron chi connectivity index (χ3n) is 3.96. The van der Waals surface area contributed by atoms with E-state index in [1.165, 1.54) is 6.20 Å². The second-order valence-electron chi connectivity index (χ2n) is 6.09. The van der Waals surface area contributed by atoms with Crippen molar-refractivity contribution in [3.63, 3.8) is 0 Å². The van der Waals surface area contributed by atoms with Crippen molar-refractivity contribution in [1.29, 1.82) is 5.26 Å². The van der Waals surface area contributed by atoms with Crippen molar-refractivity contribution < 1.29 is 8.42 Å². The molecular formula is C20H18N4O2S. The summed E-state index contributed by atoms with van der Waals surface area (Å²) in [5, 5.41) is 12.2. The minimum atomic E-state index is -3.70. The van der Waals surface area contributed by atoms with Gasteiger partial charge in [-0.15, -0.1) is 0 Å². The van der Waals surface area contributed by atoms with Crippen molar-refractivity contribution in [2.45, 2.75) is 18.7 Å². The Morgan fingerprint density at radius 2 is 1.81 bits per heavy atom. The molecule has 2 aromatic carbocycles. The van der Waals surface area contributed by atoms with Crippen molar-refractivity contribution in [2.24, 2.45) is 0 Å². The Morgan fingerprint density at radius 1 is 1.04 bits per heavy atom. The van der Waals surface area contributed by atoms with Gasteiger partial charge in [-0.1, -0.05) is 24.3 Å². The lowest BCUT2D eigenvalue weighted by Crippen LogP contribution is -2.14. The van der Waals surface area contributed by atoms with Gasteiger partial charge in [0.15, 0.2) is 0 Å². The Kier molecular flexibility index (Phi) is 5.10. The van der Waals surface area contributed by atoms with E-state index < -0.39 is 10.0 Å². The van der Waals surface area contributed by atoms with Gasteiger partial charge in [-0.3, -0.25) is 4.72 Å². The zero-order valence-corrected chi connectivity index (χ0v) is 15.7. The standard InChI is InChI=1S/C20H18N4O2S/c1-14-7-8-15(2)19(11-14)27(25,26)24-17-9-10-20(22-13-17)23-18-6-4-3-5-16(18)12-21/h3-11,13,24H,1-2H3,(H,22,23). The van der Waals surface area contributed by atoms with Gasteiger partial charge in [0.2, 0.25) is 0 Å². The zero-order chi connectivity index (χ0) is 19.4. The Hall–Kier alpha value is -3.37. The molecule has 0 unspecified atom stereocenters. The van der Waals surface area contributed by atoms with Gasteiger partial charge in [0.1, 0.15) is 11.9 Å². The molecule has 6 nitrogen and oxygen atoms in total. The van der Waals surface area contributed by atoms with Crippen LogP contribution in [-0.2, 0) is 10.0 Å². The van der Waals surface area contributed by atoms with Gasteiger partial charge in [0.05, 0.1) is 28.0 Å². The maximum absolute atomic E-state index is 12.6. The molecule has 1 aromatic heterocycles. The van der Waals surface area contributed by atoms with Gasteiger partial charge in [-0.25, -0.2) is 13.4 Å². The molecule has 0 aliphatic rings. The van der Waals surface area contributed by atoms with Crippen molar-refractivity contribution in [1.82, 2.24) is 4.98 Å². The zero-order valence-electron chi connectivity index (χ0n) is 14.9. The van der Waals surface area contributed by atoms with Crippen LogP contribution in [0.1, 0.15) is 16.7 Å². The van der Waals surface area contributed by atoms with E-state index in [1.54, 1.807) is 49.4 Å². The maximum atomic E-state index is 12.6. The van der Waals surface area contributed by atoms with E-state index >= 15 is 0 Å². The minimum Gasteiger partial charge on any atom is -0.339 e. The Labute approximate surface area is 158 Å². The van der Waals surface area contributed by atoms with E-state index in [9.17, 15) is 8.42 Å². The molecule has 0 saturated carbocycles. The van der Waals surface area contributed by atoms with Gasteiger partial charge >= 0.3 is 0 Å². The molecule has 0 aliphatic heterocycles. The highest BCUT2D eigenvalue weighted by Crippen LogP contribution is 2.22. The molecule has 0 aliphatic carbocycles. The van der Waals surface area contributed by atoms with Crippen LogP contribution in [0.3, 0.4) is 0 Å². The number of rotatable bonds is 5. The van der Waals surface area contributed by atoms with E-state index in [4.69, 9.17) is 5.26 Å². The second-order valence-corrected chi connectivity index (χ2v) is 7.74. The quantitative estimate of drug-likeness (QED) is 0.696. The first-order valence-corrected chi connectivity index (χ1v) is 9.69. The van der Waals surface area contributed by atoms with Crippen LogP contribution in [0.4, 0.5) is 17.2 Å². The first-order valence-electron chi connectivity index (χ1n) is 8.21. The number of anilines is 3. The number of pyridine rings is 1. The number of aryl methyl sites for hydroxylation is 2. The van der Waals surface area contributed by atoms with Crippen LogP contribution in [0.25, 0.3) is 0 Å². The Bertz CT molecular complexity index is 1120. The number of hydrogen-bond donors (Lipinski definition) is 2. The number of sulfonamides is 1. The summed E-state index contributed by atoms with van der Waals surface area (Å²) in [6.07, 6.45) is 1.43. The molecule has 3 aromatic rings. The number of nitrogens with zero attached hydrogens (tertiary/aromatic N) is 2. The third-order valence-corrected chi connectivity index (χ3v) is 5.48. The molecular weight excluding hydrogens is 360 g/mol. The Balaban J connectivity index is 1.80. The lowest BCUT2D eigenvalue weighted by Gasteiger charge is -2.12. The molecule has 0 radical (unpaired) electrons. The molecule has 27 heavy (non-hydrogen) atoms. The van der Waals surface area contributed by atoms with Crippen LogP contribution in [0.2, 0.25) is 0 Å². The summed E-state index contributed by atoms with van der Waals surface area (Å²) in [6, 6.07) is 17.7. The normalized spacial score (nSPS) is 10.9. The topological polar surface area (TPSA) is 94.9 Å². The molecule has 7 heteroatoms. The Morgan fingerprint density at radius 3 is 2.52 bits per heavy atom. The molecule has 0 saturated heterocycles. The summed E-state index contributed by atoms with van der Waals surface area (Å²) < 4.78 is 27.8. The van der Waals surface area contributed by atoms with E-state index in [2.05, 4.69) is 21.1 Å². The molecule has 0 atom stereocenters. The summed E-state index contributed by atoms with van der Waals surface area (Å²) in [6.45, 7) is 3.60. The van der Waals surface area contributed by atoms with Gasteiger partial charge in [-0.05, 0) is 55.3 Å². The fourth-order valence-electron chi connectivity index (χ4n) is 2.56. The summed E-state index contributed by atoms with van der Waals surface area (Å²) in [5.41, 5.74) is 3.03. The van der Waals surface area contributed by atoms with E-state index in [0.29, 0.717) is 28.3 Å². The predicted molar refractivity (Wildman–Crippen MR) is 105 cm³/mol. The minimum absolute atomic E-state index is 0.243. The molecule has 0 bridgehead atoms. The van der Waals surface area contributed by atoms with E-state index in [1.807, 2.05) is 19.1 Å². The molecule has 1 heterocycles. The average Bonchev–Trinajstić information content (AvgIpc) is 2.65. The predicted octanol–water partition coefficient (Wildman–Crippen LogP) is 4.11. The van der Waals surface area contributed by atoms with Crippen LogP contribution in [-0.4, -0.2) is 13.4 Å². The largest absolute Gasteiger partial charge is 0.339 e. The molecule has 136 valence electrons. The van der Waals surface area contributed by atoms with Crippen LogP contribution >= 0.6 is 0 Å². The number of nitrogens with one attached hydrogen (secondary N) is 2. The molecule has 0 spiro atoms. The third kappa shape index (κ3) is 4.25. The smallest absolute Gasteiger partial charge is 0.262 e. The summed E-state index contributed by atoms with van der Waals surface area (Å²) in [7, 11) is -3.70. The van der Waals surface area contributed by atoms with Gasteiger partial charge in [0.25, 0.3) is 10.0 Å². The van der Waals surface area contributed by atoms with Gasteiger partial charge < -0.3 is 5.32 Å². The van der Waals surface area contributed by atoms with Crippen molar-refractivity contribution in [3.05, 3.63) is 77.5 Å². The van der Waals surface area contributed by atoms with Crippen LogP contribution in [0, 0.1) is 25.2 Å². The van der Waals surface area contributed by atoms with Crippen LogP contribution in [0.15, 0.2) is 65.7 Å². The fraction of sp³-hybridized carbons (Fsp3) is 0.100. The number of hydrogen-bond acceptors (Lipinski definition) is 5. The number of nitriles is 1. The molecule has 0 amide bonds. The highest BCUT2D eigenvalue weighted by atomic mass is 32.2. The van der Waals surface area contributed by atoms with Gasteiger partial charge in [-0.2, -0.15) is 5.26 Å². The second kappa shape index (κ2) is 7.48. The number of aromatic nitrogens is 1. The first kappa shape index (κ1) is 18.4. The summed E-state index contributed by atoms with van der Waals surface area (Å²) in [5.74, 6) is 0.507. The van der Waals surface area contributed by atoms with Crippen molar-refractivity contribution >= 4 is 27.2 Å². The van der Waals surface area contributed by atoms with Crippen molar-refractivity contribution in [3.8, 4) is 6.07 Å². The highest BCUT2D eigenvalue weighted by Gasteiger charge is 2.17. The molecule has 0 fully saturated rings. The first-order chi connectivity index (χ1) is 12.9. The maximum Gasteiger partial charge on any atom is 0.262 e. The SMILES string of the molecule is Cc1ccc(C)c(S(=O)(=O)Nc2ccc(Nc3ccccc3C#N)nc2)c1. The van der Waals surface area contributed by atoms with E-state index in [0.717, 1.165) is 5.56 Å². The number of para-hydroxylation sites is 1.